The maximum Gasteiger partial charge on any atom is 0.471 e. The summed E-state index contributed by atoms with van der Waals surface area (Å²) in [4.78, 5) is 14.3. The Bertz CT molecular complexity index is 941. The minimum absolute atomic E-state index is 0.0108. The summed E-state index contributed by atoms with van der Waals surface area (Å²) in [5.41, 5.74) is 0.0277. The van der Waals surface area contributed by atoms with Gasteiger partial charge in [0.15, 0.2) is 5.79 Å². The SMILES string of the molecule is COC1(c2ccc(Sc3ccc(C4(C)OCCO4)cc3)s2)CCN(C(=O)C(F)(F)F)C1. The van der Waals surface area contributed by atoms with Crippen molar-refractivity contribution in [1.29, 1.82) is 0 Å². The number of amides is 1. The second-order valence-corrected chi connectivity index (χ2v) is 10.0. The fourth-order valence-corrected chi connectivity index (χ4v) is 6.14. The Hall–Kier alpha value is -1.59. The van der Waals surface area contributed by atoms with Crippen molar-refractivity contribution in [1.82, 2.24) is 4.90 Å². The predicted octanol–water partition coefficient (Wildman–Crippen LogP) is 4.76. The summed E-state index contributed by atoms with van der Waals surface area (Å²) in [6.45, 7) is 2.93. The highest BCUT2D eigenvalue weighted by atomic mass is 32.2. The lowest BCUT2D eigenvalue weighted by atomic mass is 10.0. The van der Waals surface area contributed by atoms with E-state index in [1.807, 2.05) is 43.3 Å². The lowest BCUT2D eigenvalue weighted by Gasteiger charge is -2.27. The van der Waals surface area contributed by atoms with E-state index < -0.39 is 23.5 Å². The van der Waals surface area contributed by atoms with Gasteiger partial charge >= 0.3 is 12.1 Å². The monoisotopic (exact) mass is 473 g/mol. The summed E-state index contributed by atoms with van der Waals surface area (Å²) in [7, 11) is 1.47. The molecule has 0 spiro atoms. The number of methoxy groups -OCH3 is 1. The van der Waals surface area contributed by atoms with E-state index in [4.69, 9.17) is 14.2 Å². The van der Waals surface area contributed by atoms with Crippen LogP contribution in [0.5, 0.6) is 0 Å². The number of carbonyl (C=O) groups is 1. The van der Waals surface area contributed by atoms with Gasteiger partial charge in [-0.05, 0) is 31.2 Å². The molecule has 10 heteroatoms. The van der Waals surface area contributed by atoms with Gasteiger partial charge in [-0.15, -0.1) is 11.3 Å². The summed E-state index contributed by atoms with van der Waals surface area (Å²) < 4.78 is 56.4. The first-order chi connectivity index (χ1) is 14.7. The van der Waals surface area contributed by atoms with Gasteiger partial charge in [0.1, 0.15) is 5.60 Å². The highest BCUT2D eigenvalue weighted by molar-refractivity contribution is 8.01. The molecule has 168 valence electrons. The Kier molecular flexibility index (Phi) is 6.12. The van der Waals surface area contributed by atoms with E-state index in [1.54, 1.807) is 11.8 Å². The molecule has 2 aliphatic rings. The van der Waals surface area contributed by atoms with Gasteiger partial charge in [-0.25, -0.2) is 0 Å². The van der Waals surface area contributed by atoms with Crippen LogP contribution in [0.2, 0.25) is 0 Å². The minimum Gasteiger partial charge on any atom is -0.371 e. The molecular formula is C21H22F3NO4S2. The highest BCUT2D eigenvalue weighted by Crippen LogP contribution is 2.44. The van der Waals surface area contributed by atoms with Crippen molar-refractivity contribution in [3.05, 3.63) is 46.8 Å². The first kappa shape index (κ1) is 22.6. The molecule has 5 nitrogen and oxygen atoms in total. The molecule has 4 rings (SSSR count). The van der Waals surface area contributed by atoms with Gasteiger partial charge < -0.3 is 19.1 Å². The van der Waals surface area contributed by atoms with Crippen molar-refractivity contribution >= 4 is 29.0 Å². The molecule has 2 fully saturated rings. The summed E-state index contributed by atoms with van der Waals surface area (Å²) in [5.74, 6) is -2.53. The van der Waals surface area contributed by atoms with Crippen molar-refractivity contribution in [2.24, 2.45) is 0 Å². The van der Waals surface area contributed by atoms with Crippen LogP contribution in [0, 0.1) is 0 Å². The molecule has 1 unspecified atom stereocenters. The molecule has 31 heavy (non-hydrogen) atoms. The van der Waals surface area contributed by atoms with Gasteiger partial charge in [-0.2, -0.15) is 13.2 Å². The van der Waals surface area contributed by atoms with E-state index in [0.717, 1.165) is 24.4 Å². The molecule has 0 aliphatic carbocycles. The number of halogens is 3. The molecule has 1 aromatic heterocycles. The lowest BCUT2D eigenvalue weighted by molar-refractivity contribution is -0.185. The average Bonchev–Trinajstić information content (AvgIpc) is 3.48. The fourth-order valence-electron chi connectivity index (χ4n) is 3.85. The number of carbonyl (C=O) groups excluding carboxylic acids is 1. The normalized spacial score (nSPS) is 23.5. The quantitative estimate of drug-likeness (QED) is 0.627. The van der Waals surface area contributed by atoms with Crippen molar-refractivity contribution in [3.63, 3.8) is 0 Å². The Morgan fingerprint density at radius 1 is 1.16 bits per heavy atom. The molecule has 2 saturated heterocycles. The van der Waals surface area contributed by atoms with Gasteiger partial charge in [-0.1, -0.05) is 23.9 Å². The van der Waals surface area contributed by atoms with Crippen LogP contribution in [0.25, 0.3) is 0 Å². The summed E-state index contributed by atoms with van der Waals surface area (Å²) in [6.07, 6.45) is -4.55. The Morgan fingerprint density at radius 2 is 1.84 bits per heavy atom. The smallest absolute Gasteiger partial charge is 0.371 e. The second-order valence-electron chi connectivity index (χ2n) is 7.56. The molecule has 0 N–H and O–H groups in total. The minimum atomic E-state index is -4.88. The van der Waals surface area contributed by atoms with E-state index >= 15 is 0 Å². The van der Waals surface area contributed by atoms with E-state index in [0.29, 0.717) is 19.6 Å². The summed E-state index contributed by atoms with van der Waals surface area (Å²) in [5, 5.41) is 0. The number of ether oxygens (including phenoxy) is 3. The molecule has 1 aromatic carbocycles. The van der Waals surface area contributed by atoms with E-state index in [9.17, 15) is 18.0 Å². The topological polar surface area (TPSA) is 48.0 Å². The summed E-state index contributed by atoms with van der Waals surface area (Å²) >= 11 is 3.03. The number of hydrogen-bond acceptors (Lipinski definition) is 6. The maximum atomic E-state index is 12.8. The number of thiophene rings is 1. The van der Waals surface area contributed by atoms with Crippen LogP contribution in [-0.2, 0) is 30.4 Å². The molecule has 0 bridgehead atoms. The maximum absolute atomic E-state index is 12.8. The number of hydrogen-bond donors (Lipinski definition) is 0. The van der Waals surface area contributed by atoms with E-state index in [2.05, 4.69) is 0 Å². The molecule has 1 amide bonds. The Morgan fingerprint density at radius 3 is 2.45 bits per heavy atom. The molecule has 2 aromatic rings. The third-order valence-corrected chi connectivity index (χ3v) is 8.03. The molecule has 2 aliphatic heterocycles. The van der Waals surface area contributed by atoms with Gasteiger partial charge in [0.2, 0.25) is 0 Å². The zero-order chi connectivity index (χ0) is 22.3. The number of benzene rings is 1. The van der Waals surface area contributed by atoms with Gasteiger partial charge in [0.25, 0.3) is 0 Å². The van der Waals surface area contributed by atoms with Crippen molar-refractivity contribution in [2.45, 2.75) is 40.0 Å². The van der Waals surface area contributed by atoms with Gasteiger partial charge in [0.05, 0.1) is 24.0 Å². The first-order valence-electron chi connectivity index (χ1n) is 9.73. The van der Waals surface area contributed by atoms with Crippen LogP contribution in [-0.4, -0.2) is 50.4 Å². The van der Waals surface area contributed by atoms with Gasteiger partial charge in [-0.3, -0.25) is 4.79 Å². The van der Waals surface area contributed by atoms with Crippen molar-refractivity contribution in [2.75, 3.05) is 33.4 Å². The van der Waals surface area contributed by atoms with Gasteiger partial charge in [0, 0.05) is 35.4 Å². The van der Waals surface area contributed by atoms with Crippen LogP contribution in [0.1, 0.15) is 23.8 Å². The van der Waals surface area contributed by atoms with E-state index in [1.165, 1.54) is 18.4 Å². The zero-order valence-electron chi connectivity index (χ0n) is 17.0. The third-order valence-electron chi connectivity index (χ3n) is 5.62. The number of likely N-dealkylation sites (tertiary alicyclic amines) is 1. The second kappa shape index (κ2) is 8.40. The Balaban J connectivity index is 1.46. The number of alkyl halides is 3. The summed E-state index contributed by atoms with van der Waals surface area (Å²) in [6, 6.07) is 11.7. The van der Waals surface area contributed by atoms with Crippen LogP contribution in [0.4, 0.5) is 13.2 Å². The standard InChI is InChI=1S/C21H22F3NO4S2/c1-19(28-11-12-29-19)14-3-5-15(6-4-14)30-17-8-7-16(31-17)20(27-2)9-10-25(13-20)18(26)21(22,23)24/h3-8H,9-13H2,1-2H3. The van der Waals surface area contributed by atoms with Crippen LogP contribution in [0.15, 0.2) is 45.5 Å². The number of rotatable bonds is 5. The first-order valence-corrected chi connectivity index (χ1v) is 11.4. The predicted molar refractivity (Wildman–Crippen MR) is 110 cm³/mol. The van der Waals surface area contributed by atoms with Crippen molar-refractivity contribution in [3.8, 4) is 0 Å². The van der Waals surface area contributed by atoms with Crippen molar-refractivity contribution < 1.29 is 32.2 Å². The largest absolute Gasteiger partial charge is 0.471 e. The zero-order valence-corrected chi connectivity index (χ0v) is 18.7. The molecule has 0 saturated carbocycles. The lowest BCUT2D eigenvalue weighted by Crippen LogP contribution is -2.42. The molecule has 1 atom stereocenters. The fraction of sp³-hybridized carbons (Fsp3) is 0.476. The highest BCUT2D eigenvalue weighted by Gasteiger charge is 2.50. The number of nitrogens with zero attached hydrogens (tertiary/aromatic N) is 1. The average molecular weight is 474 g/mol. The molecular weight excluding hydrogens is 451 g/mol. The van der Waals surface area contributed by atoms with Crippen LogP contribution in [0.3, 0.4) is 0 Å². The molecule has 3 heterocycles. The third kappa shape index (κ3) is 4.49. The van der Waals surface area contributed by atoms with Crippen LogP contribution < -0.4 is 0 Å². The molecule has 0 radical (unpaired) electrons. The van der Waals surface area contributed by atoms with Crippen LogP contribution >= 0.6 is 23.1 Å². The Labute approximate surface area is 186 Å². The van der Waals surface area contributed by atoms with E-state index in [-0.39, 0.29) is 13.1 Å².